The Morgan fingerprint density at radius 1 is 1.20 bits per heavy atom. The van der Waals surface area contributed by atoms with Gasteiger partial charge in [-0.2, -0.15) is 5.10 Å². The molecule has 35 heavy (non-hydrogen) atoms. The summed E-state index contributed by atoms with van der Waals surface area (Å²) in [5, 5.41) is 5.78. The van der Waals surface area contributed by atoms with Gasteiger partial charge in [0.25, 0.3) is 0 Å². The fourth-order valence-corrected chi connectivity index (χ4v) is 5.17. The molecule has 0 radical (unpaired) electrons. The third-order valence-electron chi connectivity index (χ3n) is 6.95. The van der Waals surface area contributed by atoms with E-state index in [4.69, 9.17) is 21.4 Å². The molecule has 1 fully saturated rings. The highest BCUT2D eigenvalue weighted by Crippen LogP contribution is 2.32. The van der Waals surface area contributed by atoms with Crippen molar-refractivity contribution in [2.24, 2.45) is 0 Å². The van der Waals surface area contributed by atoms with E-state index in [1.54, 1.807) is 7.11 Å². The highest BCUT2D eigenvalue weighted by molar-refractivity contribution is 6.30. The second-order valence-electron chi connectivity index (χ2n) is 9.57. The van der Waals surface area contributed by atoms with Gasteiger partial charge in [-0.15, -0.1) is 0 Å². The van der Waals surface area contributed by atoms with E-state index in [2.05, 4.69) is 22.6 Å². The second-order valence-corrected chi connectivity index (χ2v) is 10.0. The first-order valence-electron chi connectivity index (χ1n) is 12.6. The van der Waals surface area contributed by atoms with E-state index in [0.29, 0.717) is 24.0 Å². The van der Waals surface area contributed by atoms with Crippen LogP contribution in [0.1, 0.15) is 48.7 Å². The number of benzene rings is 2. The highest BCUT2D eigenvalue weighted by atomic mass is 35.5. The van der Waals surface area contributed by atoms with Crippen LogP contribution >= 0.6 is 11.6 Å². The van der Waals surface area contributed by atoms with E-state index in [0.717, 1.165) is 68.0 Å². The Morgan fingerprint density at radius 3 is 2.69 bits per heavy atom. The summed E-state index contributed by atoms with van der Waals surface area (Å²) in [6.45, 7) is 5.75. The fourth-order valence-electron chi connectivity index (χ4n) is 4.99. The van der Waals surface area contributed by atoms with Crippen molar-refractivity contribution in [3.63, 3.8) is 0 Å². The summed E-state index contributed by atoms with van der Waals surface area (Å²) in [5.41, 5.74) is 5.50. The van der Waals surface area contributed by atoms with Crippen molar-refractivity contribution in [1.82, 2.24) is 19.6 Å². The molecule has 2 aromatic carbocycles. The average Bonchev–Trinajstić information content (AvgIpc) is 3.64. The molecule has 3 aromatic rings. The van der Waals surface area contributed by atoms with Crippen LogP contribution < -0.4 is 4.74 Å². The van der Waals surface area contributed by atoms with Crippen LogP contribution in [0.2, 0.25) is 5.02 Å². The molecular weight excluding hydrogens is 460 g/mol. The Balaban J connectivity index is 1.43. The number of carbonyl (C=O) groups excluding carboxylic acids is 1. The highest BCUT2D eigenvalue weighted by Gasteiger charge is 2.35. The average molecular weight is 493 g/mol. The summed E-state index contributed by atoms with van der Waals surface area (Å²) >= 11 is 6.31. The number of fused-ring (bicyclic) bond motifs is 1. The predicted molar refractivity (Wildman–Crippen MR) is 138 cm³/mol. The summed E-state index contributed by atoms with van der Waals surface area (Å²) in [6.07, 6.45) is 4.58. The zero-order valence-electron chi connectivity index (χ0n) is 20.5. The Labute approximate surface area is 212 Å². The molecule has 6 nitrogen and oxygen atoms in total. The number of nitrogens with zero attached hydrogens (tertiary/aromatic N) is 4. The third-order valence-corrected chi connectivity index (χ3v) is 7.19. The minimum absolute atomic E-state index is 0.157. The Hall–Kier alpha value is -2.83. The summed E-state index contributed by atoms with van der Waals surface area (Å²) in [7, 11) is 1.65. The van der Waals surface area contributed by atoms with E-state index >= 15 is 0 Å². The van der Waals surface area contributed by atoms with Crippen molar-refractivity contribution in [3.8, 4) is 11.4 Å². The number of carbonyl (C=O) groups is 1. The summed E-state index contributed by atoms with van der Waals surface area (Å²) in [5.74, 6) is 0.958. The molecule has 0 saturated heterocycles. The van der Waals surface area contributed by atoms with Gasteiger partial charge < -0.3 is 9.64 Å². The van der Waals surface area contributed by atoms with E-state index in [1.165, 1.54) is 11.3 Å². The Kier molecular flexibility index (Phi) is 7.12. The maximum absolute atomic E-state index is 13.4. The minimum Gasteiger partial charge on any atom is -0.497 e. The van der Waals surface area contributed by atoms with Crippen LogP contribution in [0.25, 0.3) is 5.69 Å². The normalized spacial score (nSPS) is 15.6. The molecule has 7 heteroatoms. The lowest BCUT2D eigenvalue weighted by atomic mass is 10.0. The van der Waals surface area contributed by atoms with Crippen LogP contribution in [-0.4, -0.2) is 51.7 Å². The molecular formula is C28H33ClN4O2. The van der Waals surface area contributed by atoms with Crippen LogP contribution in [0.3, 0.4) is 0 Å². The lowest BCUT2D eigenvalue weighted by Gasteiger charge is -2.28. The zero-order valence-corrected chi connectivity index (χ0v) is 21.3. The summed E-state index contributed by atoms with van der Waals surface area (Å²) in [6, 6.07) is 15.9. The van der Waals surface area contributed by atoms with Gasteiger partial charge >= 0.3 is 0 Å². The fraction of sp³-hybridized carbons (Fsp3) is 0.429. The smallest absolute Gasteiger partial charge is 0.227 e. The van der Waals surface area contributed by atoms with E-state index in [9.17, 15) is 4.79 Å². The first-order chi connectivity index (χ1) is 17.1. The number of hydrogen-bond acceptors (Lipinski definition) is 4. The molecule has 5 rings (SSSR count). The molecule has 0 spiro atoms. The molecule has 1 aromatic heterocycles. The van der Waals surface area contributed by atoms with Gasteiger partial charge in [0.15, 0.2) is 0 Å². The molecule has 1 amide bonds. The van der Waals surface area contributed by atoms with Crippen LogP contribution in [0.15, 0.2) is 48.5 Å². The minimum atomic E-state index is 0.157. The zero-order chi connectivity index (χ0) is 24.4. The summed E-state index contributed by atoms with van der Waals surface area (Å²) in [4.78, 5) is 18.0. The number of aromatic nitrogens is 2. The number of halogens is 1. The van der Waals surface area contributed by atoms with Gasteiger partial charge in [-0.3, -0.25) is 9.69 Å². The van der Waals surface area contributed by atoms with Gasteiger partial charge in [-0.25, -0.2) is 4.68 Å². The van der Waals surface area contributed by atoms with Gasteiger partial charge in [-0.05, 0) is 61.7 Å². The monoisotopic (exact) mass is 492 g/mol. The topological polar surface area (TPSA) is 50.6 Å². The van der Waals surface area contributed by atoms with Crippen molar-refractivity contribution < 1.29 is 9.53 Å². The van der Waals surface area contributed by atoms with E-state index in [1.807, 2.05) is 47.4 Å². The van der Waals surface area contributed by atoms with Crippen LogP contribution in [0, 0.1) is 0 Å². The van der Waals surface area contributed by atoms with Crippen molar-refractivity contribution in [3.05, 3.63) is 76.1 Å². The lowest BCUT2D eigenvalue weighted by Crippen LogP contribution is -2.35. The Morgan fingerprint density at radius 2 is 2.00 bits per heavy atom. The predicted octanol–water partition coefficient (Wildman–Crippen LogP) is 5.04. The molecule has 1 aliphatic heterocycles. The molecule has 0 N–H and O–H groups in total. The molecule has 0 atom stereocenters. The molecule has 184 valence electrons. The van der Waals surface area contributed by atoms with Crippen LogP contribution in [0.4, 0.5) is 0 Å². The van der Waals surface area contributed by atoms with Crippen molar-refractivity contribution in [1.29, 1.82) is 0 Å². The maximum atomic E-state index is 13.4. The molecule has 2 heterocycles. The van der Waals surface area contributed by atoms with Gasteiger partial charge in [0, 0.05) is 36.1 Å². The maximum Gasteiger partial charge on any atom is 0.227 e. The SMILES string of the molecule is CCCN1CCc2c(c(CN(C(=O)Cc3ccc(OC)cc3)C3CC3)nn2-c2cccc(Cl)c2)C1. The largest absolute Gasteiger partial charge is 0.497 e. The number of methoxy groups -OCH3 is 1. The van der Waals surface area contributed by atoms with Gasteiger partial charge in [-0.1, -0.05) is 36.7 Å². The van der Waals surface area contributed by atoms with Crippen LogP contribution in [-0.2, 0) is 30.7 Å². The number of rotatable bonds is 9. The first-order valence-corrected chi connectivity index (χ1v) is 12.9. The quantitative estimate of drug-likeness (QED) is 0.420. The van der Waals surface area contributed by atoms with Crippen molar-refractivity contribution in [2.45, 2.75) is 58.2 Å². The lowest BCUT2D eigenvalue weighted by molar-refractivity contribution is -0.131. The number of hydrogen-bond donors (Lipinski definition) is 0. The van der Waals surface area contributed by atoms with Crippen molar-refractivity contribution >= 4 is 17.5 Å². The molecule has 2 aliphatic rings. The molecule has 1 saturated carbocycles. The Bertz CT molecular complexity index is 1190. The number of amides is 1. The molecule has 0 unspecified atom stereocenters. The molecule has 1 aliphatic carbocycles. The summed E-state index contributed by atoms with van der Waals surface area (Å²) < 4.78 is 7.31. The van der Waals surface area contributed by atoms with E-state index in [-0.39, 0.29) is 5.91 Å². The second kappa shape index (κ2) is 10.4. The van der Waals surface area contributed by atoms with Crippen molar-refractivity contribution in [2.75, 3.05) is 20.2 Å². The third kappa shape index (κ3) is 5.39. The van der Waals surface area contributed by atoms with Gasteiger partial charge in [0.2, 0.25) is 5.91 Å². The standard InChI is InChI=1S/C28H33ClN4O2/c1-3-14-31-15-13-27-25(18-31)26(30-33(27)23-6-4-5-21(29)17-23)19-32(22-9-10-22)28(34)16-20-7-11-24(35-2)12-8-20/h4-8,11-12,17,22H,3,9-10,13-16,18-19H2,1-2H3. The van der Waals surface area contributed by atoms with Gasteiger partial charge in [0.1, 0.15) is 5.75 Å². The molecule has 0 bridgehead atoms. The number of ether oxygens (including phenoxy) is 1. The van der Waals surface area contributed by atoms with Crippen LogP contribution in [0.5, 0.6) is 5.75 Å². The van der Waals surface area contributed by atoms with E-state index < -0.39 is 0 Å². The first kappa shape index (κ1) is 23.9. The van der Waals surface area contributed by atoms with Gasteiger partial charge in [0.05, 0.1) is 37.2 Å².